The van der Waals surface area contributed by atoms with Crippen LogP contribution < -0.4 is 0 Å². The van der Waals surface area contributed by atoms with Gasteiger partial charge in [0.1, 0.15) is 0 Å². The molecule has 0 bridgehead atoms. The van der Waals surface area contributed by atoms with E-state index < -0.39 is 11.9 Å². The molecule has 0 heterocycles. The fourth-order valence-electron chi connectivity index (χ4n) is 1.39. The first-order chi connectivity index (χ1) is 8.15. The van der Waals surface area contributed by atoms with Crippen molar-refractivity contribution in [2.24, 2.45) is 5.92 Å². The second kappa shape index (κ2) is 6.84. The van der Waals surface area contributed by atoms with E-state index in [1.807, 2.05) is 0 Å². The van der Waals surface area contributed by atoms with Crippen LogP contribution in [0.3, 0.4) is 0 Å². The molecule has 3 heteroatoms. The highest BCUT2D eigenvalue weighted by atomic mass is 16.6. The van der Waals surface area contributed by atoms with Crippen molar-refractivity contribution in [3.05, 3.63) is 42.8 Å². The van der Waals surface area contributed by atoms with E-state index in [2.05, 4.69) is 6.92 Å². The van der Waals surface area contributed by atoms with Crippen molar-refractivity contribution in [2.75, 3.05) is 0 Å². The molecular formula is C14H17O3. The summed E-state index contributed by atoms with van der Waals surface area (Å²) in [7, 11) is 0. The molecule has 1 rings (SSSR count). The minimum atomic E-state index is -0.586. The summed E-state index contributed by atoms with van der Waals surface area (Å²) in [4.78, 5) is 23.1. The molecule has 1 unspecified atom stereocenters. The minimum Gasteiger partial charge on any atom is -0.389 e. The maximum Gasteiger partial charge on any atom is 0.345 e. The van der Waals surface area contributed by atoms with Gasteiger partial charge in [-0.3, -0.25) is 4.79 Å². The third-order valence-corrected chi connectivity index (χ3v) is 2.49. The fraction of sp³-hybridized carbons (Fsp3) is 0.357. The van der Waals surface area contributed by atoms with Crippen molar-refractivity contribution in [2.45, 2.75) is 26.2 Å². The van der Waals surface area contributed by atoms with E-state index in [0.717, 1.165) is 12.8 Å². The van der Waals surface area contributed by atoms with Crippen molar-refractivity contribution in [1.29, 1.82) is 0 Å². The van der Waals surface area contributed by atoms with Crippen LogP contribution >= 0.6 is 0 Å². The first kappa shape index (κ1) is 13.4. The summed E-state index contributed by atoms with van der Waals surface area (Å²) in [5, 5.41) is 0. The number of esters is 2. The van der Waals surface area contributed by atoms with Crippen molar-refractivity contribution < 1.29 is 14.3 Å². The molecule has 1 aromatic rings. The van der Waals surface area contributed by atoms with Crippen LogP contribution in [0.25, 0.3) is 0 Å². The molecule has 0 N–H and O–H groups in total. The summed E-state index contributed by atoms with van der Waals surface area (Å²) in [6.07, 6.45) is 2.34. The Labute approximate surface area is 102 Å². The first-order valence-electron chi connectivity index (χ1n) is 5.75. The summed E-state index contributed by atoms with van der Waals surface area (Å²) >= 11 is 0. The molecular weight excluding hydrogens is 216 g/mol. The molecule has 0 spiro atoms. The topological polar surface area (TPSA) is 43.4 Å². The summed E-state index contributed by atoms with van der Waals surface area (Å²) in [6, 6.07) is 8.50. The van der Waals surface area contributed by atoms with Crippen LogP contribution in [0, 0.1) is 12.8 Å². The number of benzene rings is 1. The monoisotopic (exact) mass is 233 g/mol. The molecule has 0 aliphatic carbocycles. The van der Waals surface area contributed by atoms with Crippen LogP contribution in [0.15, 0.2) is 30.3 Å². The number of carbonyl (C=O) groups excluding carboxylic acids is 2. The van der Waals surface area contributed by atoms with E-state index >= 15 is 0 Å². The van der Waals surface area contributed by atoms with Crippen molar-refractivity contribution in [3.8, 4) is 0 Å². The lowest BCUT2D eigenvalue weighted by Gasteiger charge is -2.09. The Hall–Kier alpha value is -1.64. The second-order valence-corrected chi connectivity index (χ2v) is 3.97. The van der Waals surface area contributed by atoms with Gasteiger partial charge in [-0.25, -0.2) is 4.79 Å². The number of unbranched alkanes of at least 4 members (excludes halogenated alkanes) is 1. The normalized spacial score (nSPS) is 11.9. The molecule has 3 nitrogen and oxygen atoms in total. The van der Waals surface area contributed by atoms with Crippen molar-refractivity contribution >= 4 is 11.9 Å². The molecule has 0 aliphatic rings. The average Bonchev–Trinajstić information content (AvgIpc) is 2.36. The molecule has 1 aromatic carbocycles. The zero-order chi connectivity index (χ0) is 12.7. The SMILES string of the molecule is [CH2]CCCC(C)C(=O)OC(=O)c1ccccc1. The second-order valence-electron chi connectivity index (χ2n) is 3.97. The third-order valence-electron chi connectivity index (χ3n) is 2.49. The molecule has 0 saturated carbocycles. The molecule has 91 valence electrons. The van der Waals surface area contributed by atoms with Gasteiger partial charge < -0.3 is 4.74 Å². The van der Waals surface area contributed by atoms with E-state index in [1.165, 1.54) is 0 Å². The average molecular weight is 233 g/mol. The van der Waals surface area contributed by atoms with Gasteiger partial charge in [0.25, 0.3) is 0 Å². The summed E-state index contributed by atoms with van der Waals surface area (Å²) < 4.78 is 4.80. The summed E-state index contributed by atoms with van der Waals surface area (Å²) in [5.41, 5.74) is 0.394. The van der Waals surface area contributed by atoms with Gasteiger partial charge >= 0.3 is 11.9 Å². The van der Waals surface area contributed by atoms with Gasteiger partial charge in [-0.1, -0.05) is 44.9 Å². The minimum absolute atomic E-state index is 0.260. The number of hydrogen-bond donors (Lipinski definition) is 0. The molecule has 0 aliphatic heterocycles. The molecule has 1 atom stereocenters. The Balaban J connectivity index is 2.49. The quantitative estimate of drug-likeness (QED) is 0.580. The molecule has 1 radical (unpaired) electrons. The Morgan fingerprint density at radius 2 is 1.94 bits per heavy atom. The lowest BCUT2D eigenvalue weighted by Crippen LogP contribution is -2.19. The standard InChI is InChI=1S/C14H17O3/c1-3-4-8-11(2)13(15)17-14(16)12-9-6-5-7-10-12/h5-7,9-11H,1,3-4,8H2,2H3. The maximum absolute atomic E-state index is 11.6. The van der Waals surface area contributed by atoms with E-state index in [0.29, 0.717) is 12.0 Å². The van der Waals surface area contributed by atoms with Crippen molar-refractivity contribution in [3.63, 3.8) is 0 Å². The number of hydrogen-bond acceptors (Lipinski definition) is 3. The van der Waals surface area contributed by atoms with Gasteiger partial charge in [0, 0.05) is 0 Å². The molecule has 0 saturated heterocycles. The van der Waals surface area contributed by atoms with Gasteiger partial charge in [-0.15, -0.1) is 0 Å². The zero-order valence-electron chi connectivity index (χ0n) is 10.0. The number of carbonyl (C=O) groups is 2. The lowest BCUT2D eigenvalue weighted by atomic mass is 10.1. The van der Waals surface area contributed by atoms with Gasteiger partial charge in [0.15, 0.2) is 0 Å². The number of ether oxygens (including phenoxy) is 1. The van der Waals surface area contributed by atoms with Crippen LogP contribution in [-0.4, -0.2) is 11.9 Å². The molecule has 0 fully saturated rings. The lowest BCUT2D eigenvalue weighted by molar-refractivity contribution is -0.142. The van der Waals surface area contributed by atoms with Crippen LogP contribution in [0.2, 0.25) is 0 Å². The number of rotatable bonds is 5. The highest BCUT2D eigenvalue weighted by Gasteiger charge is 2.18. The largest absolute Gasteiger partial charge is 0.389 e. The Morgan fingerprint density at radius 3 is 2.53 bits per heavy atom. The van der Waals surface area contributed by atoms with Crippen molar-refractivity contribution in [1.82, 2.24) is 0 Å². The maximum atomic E-state index is 11.6. The van der Waals surface area contributed by atoms with Crippen LogP contribution in [0.4, 0.5) is 0 Å². The van der Waals surface area contributed by atoms with E-state index in [-0.39, 0.29) is 5.92 Å². The molecule has 17 heavy (non-hydrogen) atoms. The first-order valence-corrected chi connectivity index (χ1v) is 5.75. The van der Waals surface area contributed by atoms with E-state index in [1.54, 1.807) is 37.3 Å². The summed E-state index contributed by atoms with van der Waals surface area (Å²) in [6.45, 7) is 5.47. The Morgan fingerprint density at radius 1 is 1.29 bits per heavy atom. The predicted octanol–water partition coefficient (Wildman–Crippen LogP) is 3.01. The smallest absolute Gasteiger partial charge is 0.345 e. The predicted molar refractivity (Wildman–Crippen MR) is 65.2 cm³/mol. The van der Waals surface area contributed by atoms with Gasteiger partial charge in [0.05, 0.1) is 11.5 Å². The Bertz CT molecular complexity index is 370. The van der Waals surface area contributed by atoms with E-state index in [9.17, 15) is 9.59 Å². The van der Waals surface area contributed by atoms with Gasteiger partial charge in [0.2, 0.25) is 0 Å². The van der Waals surface area contributed by atoms with Gasteiger partial charge in [-0.2, -0.15) is 0 Å². The van der Waals surface area contributed by atoms with E-state index in [4.69, 9.17) is 4.74 Å². The fourth-order valence-corrected chi connectivity index (χ4v) is 1.39. The van der Waals surface area contributed by atoms with Crippen LogP contribution in [0.1, 0.15) is 36.5 Å². The highest BCUT2D eigenvalue weighted by molar-refractivity contribution is 5.97. The zero-order valence-corrected chi connectivity index (χ0v) is 10.0. The van der Waals surface area contributed by atoms with Crippen LogP contribution in [-0.2, 0) is 9.53 Å². The molecule has 0 amide bonds. The molecule has 0 aromatic heterocycles. The highest BCUT2D eigenvalue weighted by Crippen LogP contribution is 2.11. The Kier molecular flexibility index (Phi) is 5.40. The van der Waals surface area contributed by atoms with Gasteiger partial charge in [-0.05, 0) is 18.6 Å². The third kappa shape index (κ3) is 4.39. The van der Waals surface area contributed by atoms with Crippen LogP contribution in [0.5, 0.6) is 0 Å². The summed E-state index contributed by atoms with van der Waals surface area (Å²) in [5.74, 6) is -1.31.